The van der Waals surface area contributed by atoms with Crippen LogP contribution < -0.4 is 4.90 Å². The lowest BCUT2D eigenvalue weighted by molar-refractivity contribution is -0.119. The van der Waals surface area contributed by atoms with Gasteiger partial charge in [-0.1, -0.05) is 48.5 Å². The summed E-state index contributed by atoms with van der Waals surface area (Å²) in [5.41, 5.74) is 3.09. The summed E-state index contributed by atoms with van der Waals surface area (Å²) >= 11 is 0. The number of benzene rings is 3. The largest absolute Gasteiger partial charge is 0.394 e. The predicted octanol–water partition coefficient (Wildman–Crippen LogP) is 3.38. The lowest BCUT2D eigenvalue weighted by Gasteiger charge is -2.59. The van der Waals surface area contributed by atoms with Crippen LogP contribution >= 0.6 is 0 Å². The van der Waals surface area contributed by atoms with E-state index in [4.69, 9.17) is 0 Å². The van der Waals surface area contributed by atoms with Gasteiger partial charge in [-0.3, -0.25) is 9.59 Å². The van der Waals surface area contributed by atoms with Crippen molar-refractivity contribution in [2.75, 3.05) is 18.1 Å². The first kappa shape index (κ1) is 20.4. The molecule has 0 radical (unpaired) electrons. The quantitative estimate of drug-likeness (QED) is 0.690. The van der Waals surface area contributed by atoms with Crippen molar-refractivity contribution in [1.29, 1.82) is 0 Å². The minimum absolute atomic E-state index is 0.0382. The highest BCUT2D eigenvalue weighted by atomic mass is 19.1. The fourth-order valence-corrected chi connectivity index (χ4v) is 5.01. The highest BCUT2D eigenvalue weighted by Gasteiger charge is 2.55. The molecule has 5 nitrogen and oxygen atoms in total. The highest BCUT2D eigenvalue weighted by Crippen LogP contribution is 2.48. The Morgan fingerprint density at radius 2 is 1.62 bits per heavy atom. The molecule has 0 saturated carbocycles. The number of para-hydroxylation sites is 1. The third kappa shape index (κ3) is 3.37. The normalized spacial score (nSPS) is 21.4. The molecule has 0 aliphatic carbocycles. The van der Waals surface area contributed by atoms with Crippen molar-refractivity contribution in [3.63, 3.8) is 0 Å². The lowest BCUT2D eigenvalue weighted by Crippen LogP contribution is -2.70. The molecule has 1 N–H and O–H groups in total. The summed E-state index contributed by atoms with van der Waals surface area (Å²) in [5.74, 6) is -0.767. The molecule has 1 fully saturated rings. The van der Waals surface area contributed by atoms with Gasteiger partial charge in [-0.25, -0.2) is 4.39 Å². The van der Waals surface area contributed by atoms with E-state index in [0.717, 1.165) is 16.8 Å². The zero-order valence-electron chi connectivity index (χ0n) is 17.4. The van der Waals surface area contributed by atoms with E-state index in [9.17, 15) is 19.1 Å². The predicted molar refractivity (Wildman–Crippen MR) is 119 cm³/mol. The molecule has 2 aliphatic rings. The summed E-state index contributed by atoms with van der Waals surface area (Å²) in [6.07, 6.45) is 0.266. The van der Waals surface area contributed by atoms with Crippen molar-refractivity contribution < 1.29 is 19.1 Å². The Hall–Kier alpha value is -3.51. The number of carbonyl (C=O) groups is 2. The third-order valence-corrected chi connectivity index (χ3v) is 6.51. The Bertz CT molecular complexity index is 1150. The van der Waals surface area contributed by atoms with Gasteiger partial charge in [0.25, 0.3) is 5.91 Å². The Balaban J connectivity index is 1.47. The van der Waals surface area contributed by atoms with Crippen LogP contribution in [-0.4, -0.2) is 47.1 Å². The van der Waals surface area contributed by atoms with Crippen LogP contribution in [0.15, 0.2) is 78.9 Å². The van der Waals surface area contributed by atoms with Crippen LogP contribution in [0.5, 0.6) is 0 Å². The molecule has 3 aromatic rings. The molecular formula is C26H23FN2O3. The minimum Gasteiger partial charge on any atom is -0.394 e. The van der Waals surface area contributed by atoms with Crippen LogP contribution in [0, 0.1) is 5.82 Å². The van der Waals surface area contributed by atoms with Gasteiger partial charge in [-0.2, -0.15) is 0 Å². The number of hydrogen-bond donors (Lipinski definition) is 1. The number of anilines is 1. The van der Waals surface area contributed by atoms with Crippen LogP contribution in [0.25, 0.3) is 0 Å². The number of aliphatic hydroxyl groups is 1. The van der Waals surface area contributed by atoms with E-state index >= 15 is 0 Å². The van der Waals surface area contributed by atoms with Crippen molar-refractivity contribution in [2.45, 2.75) is 24.4 Å². The maximum atomic E-state index is 13.3. The number of fused-ring (bicyclic) bond motifs is 3. The summed E-state index contributed by atoms with van der Waals surface area (Å²) in [7, 11) is 0. The van der Waals surface area contributed by atoms with Crippen molar-refractivity contribution in [3.05, 3.63) is 101 Å². The number of amides is 2. The first-order chi connectivity index (χ1) is 15.6. The van der Waals surface area contributed by atoms with E-state index in [-0.39, 0.29) is 42.8 Å². The Kier molecular flexibility index (Phi) is 5.23. The summed E-state index contributed by atoms with van der Waals surface area (Å²) in [4.78, 5) is 29.9. The molecule has 0 unspecified atom stereocenters. The topological polar surface area (TPSA) is 60.9 Å². The molecule has 0 spiro atoms. The van der Waals surface area contributed by atoms with Gasteiger partial charge in [0.2, 0.25) is 5.91 Å². The smallest absolute Gasteiger partial charge is 0.254 e. The highest BCUT2D eigenvalue weighted by molar-refractivity contribution is 5.99. The van der Waals surface area contributed by atoms with E-state index in [0.29, 0.717) is 12.1 Å². The molecule has 1 saturated heterocycles. The van der Waals surface area contributed by atoms with Gasteiger partial charge in [0.05, 0.1) is 25.1 Å². The Labute approximate surface area is 185 Å². The van der Waals surface area contributed by atoms with Gasteiger partial charge in [0, 0.05) is 23.7 Å². The van der Waals surface area contributed by atoms with Gasteiger partial charge in [-0.05, 0) is 41.5 Å². The standard InChI is InChI=1S/C26H23FN2O3/c27-19-12-10-18(11-13-19)26(32)29-22-15-28(24(31)14-17-6-2-1-3-7-17)21-9-5-4-8-20(21)25(22)23(29)16-30/h1-13,22-23,25,30H,14-16H2/t22-,23+,25+/m1/s1. The molecule has 0 aromatic heterocycles. The number of halogens is 1. The lowest BCUT2D eigenvalue weighted by atomic mass is 9.71. The first-order valence-corrected chi connectivity index (χ1v) is 10.7. The van der Waals surface area contributed by atoms with Crippen molar-refractivity contribution in [2.24, 2.45) is 0 Å². The number of rotatable bonds is 4. The Morgan fingerprint density at radius 3 is 2.34 bits per heavy atom. The van der Waals surface area contributed by atoms with Crippen molar-refractivity contribution in [3.8, 4) is 0 Å². The average Bonchev–Trinajstić information content (AvgIpc) is 2.80. The second-order valence-electron chi connectivity index (χ2n) is 8.29. The van der Waals surface area contributed by atoms with E-state index < -0.39 is 5.82 Å². The second kappa shape index (κ2) is 8.20. The zero-order valence-corrected chi connectivity index (χ0v) is 17.4. The van der Waals surface area contributed by atoms with Crippen LogP contribution in [-0.2, 0) is 11.2 Å². The van der Waals surface area contributed by atoms with Gasteiger partial charge in [0.15, 0.2) is 0 Å². The van der Waals surface area contributed by atoms with Gasteiger partial charge in [-0.15, -0.1) is 0 Å². The van der Waals surface area contributed by atoms with E-state index in [1.807, 2.05) is 54.6 Å². The van der Waals surface area contributed by atoms with Gasteiger partial charge >= 0.3 is 0 Å². The minimum atomic E-state index is -0.411. The number of carbonyl (C=O) groups excluding carboxylic acids is 2. The molecule has 2 amide bonds. The second-order valence-corrected chi connectivity index (χ2v) is 8.29. The van der Waals surface area contributed by atoms with Crippen LogP contribution in [0.1, 0.15) is 27.4 Å². The maximum Gasteiger partial charge on any atom is 0.254 e. The summed E-state index contributed by atoms with van der Waals surface area (Å²) in [6.45, 7) is 0.178. The van der Waals surface area contributed by atoms with Crippen LogP contribution in [0.3, 0.4) is 0 Å². The molecular weight excluding hydrogens is 407 g/mol. The number of nitrogens with zero attached hydrogens (tertiary/aromatic N) is 2. The summed E-state index contributed by atoms with van der Waals surface area (Å²) < 4.78 is 13.3. The number of likely N-dealkylation sites (tertiary alicyclic amines) is 1. The van der Waals surface area contributed by atoms with Crippen LogP contribution in [0.2, 0.25) is 0 Å². The molecule has 162 valence electrons. The summed E-state index contributed by atoms with van der Waals surface area (Å²) in [6, 6.07) is 22.1. The molecule has 32 heavy (non-hydrogen) atoms. The van der Waals surface area contributed by atoms with Crippen LogP contribution in [0.4, 0.5) is 10.1 Å². The SMILES string of the molecule is O=C(Cc1ccccc1)N1C[C@@H]2[C@H](c3ccccc31)[C@H](CO)N2C(=O)c1ccc(F)cc1. The fourth-order valence-electron chi connectivity index (χ4n) is 5.01. The van der Waals surface area contributed by atoms with Gasteiger partial charge in [0.1, 0.15) is 5.82 Å². The third-order valence-electron chi connectivity index (χ3n) is 6.51. The maximum absolute atomic E-state index is 13.3. The van der Waals surface area contributed by atoms with E-state index in [1.54, 1.807) is 9.80 Å². The monoisotopic (exact) mass is 430 g/mol. The first-order valence-electron chi connectivity index (χ1n) is 10.7. The fraction of sp³-hybridized carbons (Fsp3) is 0.231. The molecule has 3 atom stereocenters. The molecule has 2 aliphatic heterocycles. The van der Waals surface area contributed by atoms with Crippen molar-refractivity contribution in [1.82, 2.24) is 4.90 Å². The molecule has 6 heteroatoms. The van der Waals surface area contributed by atoms with Crippen molar-refractivity contribution >= 4 is 17.5 Å². The Morgan fingerprint density at radius 1 is 0.938 bits per heavy atom. The zero-order chi connectivity index (χ0) is 22.2. The number of aliphatic hydroxyl groups excluding tert-OH is 1. The van der Waals surface area contributed by atoms with Gasteiger partial charge < -0.3 is 14.9 Å². The van der Waals surface area contributed by atoms with E-state index in [1.165, 1.54) is 24.3 Å². The summed E-state index contributed by atoms with van der Waals surface area (Å²) in [5, 5.41) is 10.1. The number of hydrogen-bond acceptors (Lipinski definition) is 3. The molecule has 0 bridgehead atoms. The average molecular weight is 430 g/mol. The molecule has 5 rings (SSSR count). The molecule has 2 heterocycles. The van der Waals surface area contributed by atoms with E-state index in [2.05, 4.69) is 0 Å². The molecule has 3 aromatic carbocycles.